The van der Waals surface area contributed by atoms with Crippen LogP contribution in [-0.4, -0.2) is 31.1 Å². The third-order valence-corrected chi connectivity index (χ3v) is 6.17. The van der Waals surface area contributed by atoms with E-state index in [2.05, 4.69) is 31.9 Å². The summed E-state index contributed by atoms with van der Waals surface area (Å²) in [5, 5.41) is 0.859. The highest BCUT2D eigenvalue weighted by atomic mass is 79.9. The molecule has 2 rings (SSSR count). The van der Waals surface area contributed by atoms with Crippen LogP contribution in [0.5, 0.6) is 0 Å². The van der Waals surface area contributed by atoms with E-state index in [-0.39, 0.29) is 0 Å². The molecule has 1 fully saturated rings. The van der Waals surface area contributed by atoms with Crippen molar-refractivity contribution >= 4 is 41.9 Å². The summed E-state index contributed by atoms with van der Waals surface area (Å²) in [6.45, 7) is 1.23. The van der Waals surface area contributed by atoms with Crippen LogP contribution in [0.3, 0.4) is 0 Å². The van der Waals surface area contributed by atoms with Gasteiger partial charge in [0, 0.05) is 22.9 Å². The second-order valence-electron chi connectivity index (χ2n) is 4.13. The summed E-state index contributed by atoms with van der Waals surface area (Å²) in [6.07, 6.45) is 0.929. The highest BCUT2D eigenvalue weighted by Gasteiger charge is 2.31. The monoisotopic (exact) mass is 381 g/mol. The maximum absolute atomic E-state index is 12.3. The molecule has 1 aliphatic rings. The summed E-state index contributed by atoms with van der Waals surface area (Å²) in [6, 6.07) is 6.86. The number of alkyl halides is 1. The lowest BCUT2D eigenvalue weighted by Crippen LogP contribution is -2.29. The van der Waals surface area contributed by atoms with Crippen molar-refractivity contribution in [1.82, 2.24) is 4.31 Å². The molecule has 3 nitrogen and oxygen atoms in total. The standard InChI is InChI=1S/C11H13Br2NO2S/c12-7-9-4-5-14(8-9)17(15,16)11-3-1-2-10(13)6-11/h1-3,6,9H,4-5,7-8H2. The highest BCUT2D eigenvalue weighted by molar-refractivity contribution is 9.10. The Kier molecular flexibility index (Phi) is 4.28. The van der Waals surface area contributed by atoms with Gasteiger partial charge in [-0.15, -0.1) is 0 Å². The Morgan fingerprint density at radius 2 is 2.18 bits per heavy atom. The first-order chi connectivity index (χ1) is 8.04. The number of hydrogen-bond donors (Lipinski definition) is 0. The molecule has 0 saturated carbocycles. The quantitative estimate of drug-likeness (QED) is 0.753. The first-order valence-corrected chi connectivity index (χ1v) is 8.71. The number of hydrogen-bond acceptors (Lipinski definition) is 2. The van der Waals surface area contributed by atoms with Crippen molar-refractivity contribution in [3.63, 3.8) is 0 Å². The SMILES string of the molecule is O=S(=O)(c1cccc(Br)c1)N1CCC(CBr)C1. The van der Waals surface area contributed by atoms with E-state index in [1.54, 1.807) is 22.5 Å². The van der Waals surface area contributed by atoms with Crippen molar-refractivity contribution < 1.29 is 8.42 Å². The predicted octanol–water partition coefficient (Wildman–Crippen LogP) is 2.85. The molecule has 1 aromatic rings. The molecule has 0 spiro atoms. The van der Waals surface area contributed by atoms with E-state index >= 15 is 0 Å². The summed E-state index contributed by atoms with van der Waals surface area (Å²) < 4.78 is 27.0. The summed E-state index contributed by atoms with van der Waals surface area (Å²) in [4.78, 5) is 0.363. The molecule has 0 bridgehead atoms. The predicted molar refractivity (Wildman–Crippen MR) is 74.8 cm³/mol. The van der Waals surface area contributed by atoms with E-state index in [1.807, 2.05) is 6.07 Å². The highest BCUT2D eigenvalue weighted by Crippen LogP contribution is 2.26. The van der Waals surface area contributed by atoms with E-state index in [0.717, 1.165) is 16.2 Å². The van der Waals surface area contributed by atoms with E-state index < -0.39 is 10.0 Å². The number of rotatable bonds is 3. The molecule has 1 aromatic carbocycles. The Morgan fingerprint density at radius 3 is 2.76 bits per heavy atom. The Bertz CT molecular complexity index is 504. The van der Waals surface area contributed by atoms with Crippen molar-refractivity contribution in [3.05, 3.63) is 28.7 Å². The topological polar surface area (TPSA) is 37.4 Å². The van der Waals surface area contributed by atoms with Gasteiger partial charge in [0.1, 0.15) is 0 Å². The smallest absolute Gasteiger partial charge is 0.207 e. The van der Waals surface area contributed by atoms with E-state index in [0.29, 0.717) is 23.9 Å². The van der Waals surface area contributed by atoms with Crippen LogP contribution < -0.4 is 0 Å². The minimum Gasteiger partial charge on any atom is -0.207 e. The van der Waals surface area contributed by atoms with Gasteiger partial charge >= 0.3 is 0 Å². The molecular formula is C11H13Br2NO2S. The zero-order valence-electron chi connectivity index (χ0n) is 9.14. The van der Waals surface area contributed by atoms with Gasteiger partial charge in [0.2, 0.25) is 10.0 Å². The van der Waals surface area contributed by atoms with Gasteiger partial charge in [-0.25, -0.2) is 8.42 Å². The van der Waals surface area contributed by atoms with Crippen molar-refractivity contribution in [2.45, 2.75) is 11.3 Å². The fourth-order valence-corrected chi connectivity index (χ4v) is 4.57. The number of sulfonamides is 1. The van der Waals surface area contributed by atoms with Crippen LogP contribution in [-0.2, 0) is 10.0 Å². The van der Waals surface area contributed by atoms with Crippen LogP contribution >= 0.6 is 31.9 Å². The van der Waals surface area contributed by atoms with Crippen molar-refractivity contribution in [2.75, 3.05) is 18.4 Å². The second kappa shape index (κ2) is 5.38. The molecular weight excluding hydrogens is 370 g/mol. The van der Waals surface area contributed by atoms with Crippen LogP contribution in [0.25, 0.3) is 0 Å². The van der Waals surface area contributed by atoms with Crippen molar-refractivity contribution in [2.24, 2.45) is 5.92 Å². The van der Waals surface area contributed by atoms with Crippen LogP contribution in [0.2, 0.25) is 0 Å². The van der Waals surface area contributed by atoms with Gasteiger partial charge < -0.3 is 0 Å². The van der Waals surface area contributed by atoms with Crippen LogP contribution in [0.1, 0.15) is 6.42 Å². The summed E-state index contributed by atoms with van der Waals surface area (Å²) in [5.41, 5.74) is 0. The van der Waals surface area contributed by atoms with E-state index in [4.69, 9.17) is 0 Å². The fraction of sp³-hybridized carbons (Fsp3) is 0.455. The number of benzene rings is 1. The van der Waals surface area contributed by atoms with Gasteiger partial charge in [0.05, 0.1) is 4.90 Å². The van der Waals surface area contributed by atoms with Gasteiger partial charge in [-0.1, -0.05) is 37.9 Å². The third kappa shape index (κ3) is 2.92. The molecule has 0 aromatic heterocycles. The Balaban J connectivity index is 2.25. The van der Waals surface area contributed by atoms with Crippen LogP contribution in [0.15, 0.2) is 33.6 Å². The maximum Gasteiger partial charge on any atom is 0.243 e. The molecule has 0 radical (unpaired) electrons. The zero-order valence-corrected chi connectivity index (χ0v) is 13.1. The molecule has 0 N–H and O–H groups in total. The molecule has 17 heavy (non-hydrogen) atoms. The molecule has 1 saturated heterocycles. The lowest BCUT2D eigenvalue weighted by atomic mass is 10.2. The Labute approximate surface area is 119 Å². The third-order valence-electron chi connectivity index (χ3n) is 2.90. The Morgan fingerprint density at radius 1 is 1.41 bits per heavy atom. The molecule has 94 valence electrons. The lowest BCUT2D eigenvalue weighted by Gasteiger charge is -2.16. The summed E-state index contributed by atoms with van der Waals surface area (Å²) >= 11 is 6.71. The van der Waals surface area contributed by atoms with Gasteiger partial charge in [-0.3, -0.25) is 0 Å². The summed E-state index contributed by atoms with van der Waals surface area (Å²) in [5.74, 6) is 0.428. The van der Waals surface area contributed by atoms with Crippen molar-refractivity contribution in [3.8, 4) is 0 Å². The molecule has 0 aliphatic carbocycles. The van der Waals surface area contributed by atoms with Crippen molar-refractivity contribution in [1.29, 1.82) is 0 Å². The molecule has 1 unspecified atom stereocenters. The van der Waals surface area contributed by atoms with E-state index in [9.17, 15) is 8.42 Å². The maximum atomic E-state index is 12.3. The minimum atomic E-state index is -3.32. The fourth-order valence-electron chi connectivity index (χ4n) is 1.92. The van der Waals surface area contributed by atoms with Gasteiger partial charge in [0.25, 0.3) is 0 Å². The molecule has 1 aliphatic heterocycles. The minimum absolute atomic E-state index is 0.363. The average Bonchev–Trinajstić information content (AvgIpc) is 2.78. The number of nitrogens with zero attached hydrogens (tertiary/aromatic N) is 1. The van der Waals surface area contributed by atoms with Gasteiger partial charge in [-0.05, 0) is 30.5 Å². The number of halogens is 2. The van der Waals surface area contributed by atoms with Crippen LogP contribution in [0, 0.1) is 5.92 Å². The molecule has 1 heterocycles. The lowest BCUT2D eigenvalue weighted by molar-refractivity contribution is 0.466. The van der Waals surface area contributed by atoms with Gasteiger partial charge in [0.15, 0.2) is 0 Å². The molecule has 1 atom stereocenters. The average molecular weight is 383 g/mol. The first kappa shape index (κ1) is 13.5. The van der Waals surface area contributed by atoms with Gasteiger partial charge in [-0.2, -0.15) is 4.31 Å². The summed E-state index contributed by atoms with van der Waals surface area (Å²) in [7, 11) is -3.32. The Hall–Kier alpha value is 0.0900. The molecule has 0 amide bonds. The normalized spacial score (nSPS) is 21.9. The second-order valence-corrected chi connectivity index (χ2v) is 7.63. The molecule has 6 heteroatoms. The van der Waals surface area contributed by atoms with E-state index in [1.165, 1.54) is 0 Å². The first-order valence-electron chi connectivity index (χ1n) is 5.35. The van der Waals surface area contributed by atoms with Crippen LogP contribution in [0.4, 0.5) is 0 Å². The zero-order chi connectivity index (χ0) is 12.5. The largest absolute Gasteiger partial charge is 0.243 e.